The molecule has 2 heterocycles. The highest BCUT2D eigenvalue weighted by Gasteiger charge is 2.57. The fourth-order valence-electron chi connectivity index (χ4n) is 2.71. The fourth-order valence-corrected chi connectivity index (χ4v) is 3.21. The first kappa shape index (κ1) is 17.1. The van der Waals surface area contributed by atoms with E-state index in [4.69, 9.17) is 18.2 Å². The molecule has 2 saturated heterocycles. The van der Waals surface area contributed by atoms with Crippen LogP contribution < -0.4 is 5.32 Å². The number of amides is 1. The van der Waals surface area contributed by atoms with Gasteiger partial charge in [-0.15, -0.1) is 0 Å². The molecule has 2 aliphatic rings. The van der Waals surface area contributed by atoms with E-state index in [2.05, 4.69) is 11.9 Å². The Hall–Kier alpha value is -1.29. The first-order chi connectivity index (χ1) is 10.2. The van der Waals surface area contributed by atoms with Gasteiger partial charge in [0, 0.05) is 18.4 Å². The lowest BCUT2D eigenvalue weighted by molar-refractivity contribution is -0.151. The van der Waals surface area contributed by atoms with Gasteiger partial charge >= 0.3 is 17.3 Å². The van der Waals surface area contributed by atoms with Gasteiger partial charge in [-0.25, -0.2) is 0 Å². The molecule has 2 aliphatic heterocycles. The molecule has 5 atom stereocenters. The van der Waals surface area contributed by atoms with Crippen molar-refractivity contribution in [1.29, 1.82) is 0 Å². The number of hydrogen-bond donors (Lipinski definition) is 2. The Labute approximate surface area is 130 Å². The van der Waals surface area contributed by atoms with E-state index in [1.54, 1.807) is 6.92 Å². The quantitative estimate of drug-likeness (QED) is 0.402. The maximum Gasteiger partial charge on any atom is 0.325 e. The topological polar surface area (TPSA) is 111 Å². The van der Waals surface area contributed by atoms with Gasteiger partial charge in [0.1, 0.15) is 18.2 Å². The van der Waals surface area contributed by atoms with Crippen LogP contribution in [0.5, 0.6) is 0 Å². The predicted molar refractivity (Wildman–Crippen MR) is 75.9 cm³/mol. The van der Waals surface area contributed by atoms with Crippen LogP contribution in [0.2, 0.25) is 0 Å². The molecule has 5 unspecified atom stereocenters. The average molecular weight is 333 g/mol. The van der Waals surface area contributed by atoms with Crippen molar-refractivity contribution in [3.8, 4) is 0 Å². The molecule has 0 saturated carbocycles. The van der Waals surface area contributed by atoms with Crippen LogP contribution in [0.1, 0.15) is 26.7 Å². The second-order valence-corrected chi connectivity index (χ2v) is 6.31. The van der Waals surface area contributed by atoms with Gasteiger partial charge in [0.25, 0.3) is 0 Å². The van der Waals surface area contributed by atoms with Gasteiger partial charge in [-0.05, 0) is 13.8 Å². The minimum atomic E-state index is -2.37. The molecule has 124 valence electrons. The van der Waals surface area contributed by atoms with Crippen molar-refractivity contribution < 1.29 is 32.0 Å². The second kappa shape index (κ2) is 6.45. The molecule has 2 bridgehead atoms. The number of rotatable bonds is 6. The van der Waals surface area contributed by atoms with Crippen molar-refractivity contribution in [3.63, 3.8) is 0 Å². The highest BCUT2D eigenvalue weighted by molar-refractivity contribution is 7.74. The fraction of sp³-hybridized carbons (Fsp3) is 0.692. The summed E-state index contributed by atoms with van der Waals surface area (Å²) in [5.41, 5.74) is -0.553. The number of fused-ring (bicyclic) bond motifs is 2. The maximum absolute atomic E-state index is 11.7. The third kappa shape index (κ3) is 3.72. The van der Waals surface area contributed by atoms with E-state index in [0.29, 0.717) is 18.4 Å². The van der Waals surface area contributed by atoms with Crippen LogP contribution in [0.25, 0.3) is 0 Å². The van der Waals surface area contributed by atoms with Gasteiger partial charge in [-0.3, -0.25) is 18.3 Å². The number of carbonyl (C=O) groups excluding carboxylic acids is 2. The molecule has 0 aromatic rings. The van der Waals surface area contributed by atoms with Gasteiger partial charge in [-0.2, -0.15) is 4.21 Å². The second-order valence-electron chi connectivity index (χ2n) is 5.71. The SMILES string of the molecule is C=C(C)C(=O)NCC(=O)OC1CC2OC1CC2(C)OS(=O)O. The minimum absolute atomic E-state index is 0.242. The standard InChI is InChI=1S/C13H19NO7S/c1-7(2)12(16)14-6-11(15)20-8-4-10-13(3,21-22(17)18)5-9(8)19-10/h8-10H,1,4-6H2,2-3H3,(H,14,16)(H,17,18). The Balaban J connectivity index is 1.81. The Kier molecular flexibility index (Phi) is 5.00. The highest BCUT2D eigenvalue weighted by atomic mass is 32.2. The van der Waals surface area contributed by atoms with Gasteiger partial charge < -0.3 is 14.8 Å². The zero-order valence-corrected chi connectivity index (χ0v) is 13.2. The summed E-state index contributed by atoms with van der Waals surface area (Å²) in [4.78, 5) is 23.0. The zero-order valence-electron chi connectivity index (χ0n) is 12.4. The average Bonchev–Trinajstić information content (AvgIpc) is 2.91. The van der Waals surface area contributed by atoms with E-state index in [0.717, 1.165) is 0 Å². The molecule has 2 N–H and O–H groups in total. The molecule has 0 aromatic carbocycles. The van der Waals surface area contributed by atoms with E-state index in [1.807, 2.05) is 0 Å². The number of esters is 1. The summed E-state index contributed by atoms with van der Waals surface area (Å²) in [6.07, 6.45) is -0.475. The summed E-state index contributed by atoms with van der Waals surface area (Å²) in [7, 11) is 0. The predicted octanol–water partition coefficient (Wildman–Crippen LogP) is 0.0637. The summed E-state index contributed by atoms with van der Waals surface area (Å²) < 4.78 is 35.5. The largest absolute Gasteiger partial charge is 0.458 e. The Morgan fingerprint density at radius 3 is 2.73 bits per heavy atom. The molecule has 22 heavy (non-hydrogen) atoms. The zero-order chi connectivity index (χ0) is 16.5. The van der Waals surface area contributed by atoms with E-state index in [9.17, 15) is 13.8 Å². The number of hydrogen-bond acceptors (Lipinski definition) is 6. The van der Waals surface area contributed by atoms with E-state index in [-0.39, 0.29) is 12.6 Å². The van der Waals surface area contributed by atoms with Crippen molar-refractivity contribution in [2.75, 3.05) is 6.54 Å². The summed E-state index contributed by atoms with van der Waals surface area (Å²) >= 11 is -2.37. The van der Waals surface area contributed by atoms with Gasteiger partial charge in [0.2, 0.25) is 5.91 Å². The molecular formula is C13H19NO7S. The lowest BCUT2D eigenvalue weighted by Gasteiger charge is -2.31. The maximum atomic E-state index is 11.7. The number of ether oxygens (including phenoxy) is 2. The molecule has 8 nitrogen and oxygen atoms in total. The van der Waals surface area contributed by atoms with Gasteiger partial charge in [0.05, 0.1) is 12.2 Å². The van der Waals surface area contributed by atoms with Crippen LogP contribution >= 0.6 is 0 Å². The summed E-state index contributed by atoms with van der Waals surface area (Å²) in [5.74, 6) is -0.975. The minimum Gasteiger partial charge on any atom is -0.458 e. The third-order valence-corrected chi connectivity index (χ3v) is 4.34. The van der Waals surface area contributed by atoms with Crippen LogP contribution in [0.15, 0.2) is 12.2 Å². The lowest BCUT2D eigenvalue weighted by atomic mass is 9.85. The summed E-state index contributed by atoms with van der Waals surface area (Å²) in [6, 6.07) is 0. The molecule has 2 fully saturated rings. The lowest BCUT2D eigenvalue weighted by Crippen LogP contribution is -2.45. The smallest absolute Gasteiger partial charge is 0.325 e. The molecule has 0 aliphatic carbocycles. The van der Waals surface area contributed by atoms with E-state index >= 15 is 0 Å². The van der Waals surface area contributed by atoms with Crippen molar-refractivity contribution in [2.45, 2.75) is 50.6 Å². The number of nitrogens with one attached hydrogen (secondary N) is 1. The van der Waals surface area contributed by atoms with Crippen molar-refractivity contribution in [2.24, 2.45) is 0 Å². The van der Waals surface area contributed by atoms with Crippen molar-refractivity contribution >= 4 is 23.2 Å². The van der Waals surface area contributed by atoms with Gasteiger partial charge in [-0.1, -0.05) is 6.58 Å². The first-order valence-electron chi connectivity index (χ1n) is 6.80. The highest BCUT2D eigenvalue weighted by Crippen LogP contribution is 2.45. The Morgan fingerprint density at radius 2 is 2.23 bits per heavy atom. The number of carbonyl (C=O) groups is 2. The van der Waals surface area contributed by atoms with Gasteiger partial charge in [0.15, 0.2) is 0 Å². The normalized spacial score (nSPS) is 34.2. The molecule has 0 radical (unpaired) electrons. The third-order valence-electron chi connectivity index (χ3n) is 3.81. The molecule has 0 spiro atoms. The molecule has 1 amide bonds. The van der Waals surface area contributed by atoms with Crippen molar-refractivity contribution in [1.82, 2.24) is 5.32 Å². The van der Waals surface area contributed by atoms with Crippen LogP contribution in [0.4, 0.5) is 0 Å². The van der Waals surface area contributed by atoms with E-state index < -0.39 is 41.0 Å². The van der Waals surface area contributed by atoms with Crippen LogP contribution in [-0.2, 0) is 34.6 Å². The van der Waals surface area contributed by atoms with E-state index in [1.165, 1.54) is 6.92 Å². The Morgan fingerprint density at radius 1 is 1.55 bits per heavy atom. The molecule has 2 rings (SSSR count). The Bertz CT molecular complexity index is 523. The molecule has 9 heteroatoms. The monoisotopic (exact) mass is 333 g/mol. The first-order valence-corrected chi connectivity index (χ1v) is 7.83. The molecular weight excluding hydrogens is 314 g/mol. The van der Waals surface area contributed by atoms with Crippen LogP contribution in [0.3, 0.4) is 0 Å². The summed E-state index contributed by atoms with van der Waals surface area (Å²) in [5, 5.41) is 2.39. The molecule has 0 aromatic heterocycles. The van der Waals surface area contributed by atoms with Crippen LogP contribution in [0, 0.1) is 0 Å². The van der Waals surface area contributed by atoms with Crippen molar-refractivity contribution in [3.05, 3.63) is 12.2 Å². The van der Waals surface area contributed by atoms with Crippen LogP contribution in [-0.4, -0.2) is 51.1 Å². The summed E-state index contributed by atoms with van der Waals surface area (Å²) in [6.45, 7) is 6.45.